The second-order valence-electron chi connectivity index (χ2n) is 7.14. The first kappa shape index (κ1) is 21.7. The fraction of sp³-hybridized carbons (Fsp3) is 0.824. The van der Waals surface area contributed by atoms with Crippen LogP contribution in [0.2, 0.25) is 0 Å². The number of unbranched alkanes of at least 4 members (excludes halogenated alkanes) is 5. The molecule has 23 heavy (non-hydrogen) atoms. The molecule has 0 radical (unpaired) electrons. The molecule has 6 nitrogen and oxygen atoms in total. The van der Waals surface area contributed by atoms with Crippen LogP contribution < -0.4 is 5.11 Å². The highest BCUT2D eigenvalue weighted by Gasteiger charge is 2.35. The first-order valence-electron chi connectivity index (χ1n) is 8.36. The Balaban J connectivity index is 4.49. The molecule has 134 valence electrons. The second-order valence-corrected chi connectivity index (χ2v) is 7.14. The zero-order valence-corrected chi connectivity index (χ0v) is 14.8. The first-order valence-corrected chi connectivity index (χ1v) is 8.36. The summed E-state index contributed by atoms with van der Waals surface area (Å²) in [5.41, 5.74) is 0. The fourth-order valence-electron chi connectivity index (χ4n) is 2.47. The summed E-state index contributed by atoms with van der Waals surface area (Å²) < 4.78 is 0.282. The van der Waals surface area contributed by atoms with Crippen LogP contribution in [0.1, 0.15) is 51.9 Å². The van der Waals surface area contributed by atoms with Gasteiger partial charge in [0.1, 0.15) is 12.6 Å². The molecule has 0 rings (SSSR count). The molecule has 0 aromatic carbocycles. The standard InChI is InChI=1S/C17H31NO5/c1-5-6-7-8-9-10-11-13(19)16(21)15(17(22)23)14(20)12-18(2,3)4/h14-15,20H,5-12H2,1-4H3. The van der Waals surface area contributed by atoms with Gasteiger partial charge in [0.05, 0.1) is 33.0 Å². The number of aliphatic hydroxyl groups is 1. The predicted octanol–water partition coefficient (Wildman–Crippen LogP) is 0.308. The number of carbonyl (C=O) groups is 3. The van der Waals surface area contributed by atoms with Gasteiger partial charge >= 0.3 is 0 Å². The molecule has 2 unspecified atom stereocenters. The van der Waals surface area contributed by atoms with Crippen LogP contribution in [0.15, 0.2) is 0 Å². The summed E-state index contributed by atoms with van der Waals surface area (Å²) in [6.07, 6.45) is 4.40. The lowest BCUT2D eigenvalue weighted by molar-refractivity contribution is -0.873. The molecule has 0 fully saturated rings. The van der Waals surface area contributed by atoms with Crippen molar-refractivity contribution in [1.29, 1.82) is 0 Å². The van der Waals surface area contributed by atoms with E-state index in [9.17, 15) is 24.6 Å². The van der Waals surface area contributed by atoms with E-state index in [1.165, 1.54) is 0 Å². The summed E-state index contributed by atoms with van der Waals surface area (Å²) in [6, 6.07) is 0. The highest BCUT2D eigenvalue weighted by molar-refractivity contribution is 6.41. The Morgan fingerprint density at radius 1 is 1.00 bits per heavy atom. The average molecular weight is 329 g/mol. The molecule has 0 saturated carbocycles. The van der Waals surface area contributed by atoms with Gasteiger partial charge in [-0.3, -0.25) is 9.59 Å². The van der Waals surface area contributed by atoms with Crippen molar-refractivity contribution in [3.05, 3.63) is 0 Å². The number of aliphatic hydroxyl groups excluding tert-OH is 1. The molecular weight excluding hydrogens is 298 g/mol. The third-order valence-electron chi connectivity index (χ3n) is 3.69. The third-order valence-corrected chi connectivity index (χ3v) is 3.69. The second kappa shape index (κ2) is 10.5. The van der Waals surface area contributed by atoms with Crippen LogP contribution >= 0.6 is 0 Å². The van der Waals surface area contributed by atoms with Gasteiger partial charge in [-0.05, 0) is 6.42 Å². The maximum Gasteiger partial charge on any atom is 0.209 e. The number of carboxylic acids is 1. The van der Waals surface area contributed by atoms with E-state index in [2.05, 4.69) is 6.92 Å². The monoisotopic (exact) mass is 329 g/mol. The average Bonchev–Trinajstić information content (AvgIpc) is 2.39. The van der Waals surface area contributed by atoms with Gasteiger partial charge in [-0.25, -0.2) is 0 Å². The number of quaternary nitrogens is 1. The molecule has 0 bridgehead atoms. The summed E-state index contributed by atoms with van der Waals surface area (Å²) in [5, 5.41) is 21.2. The van der Waals surface area contributed by atoms with Gasteiger partial charge in [0.15, 0.2) is 5.78 Å². The quantitative estimate of drug-likeness (QED) is 0.227. The van der Waals surface area contributed by atoms with Crippen molar-refractivity contribution >= 4 is 17.5 Å². The topological polar surface area (TPSA) is 94.5 Å². The number of hydrogen-bond acceptors (Lipinski definition) is 5. The van der Waals surface area contributed by atoms with E-state index < -0.39 is 29.6 Å². The van der Waals surface area contributed by atoms with Crippen molar-refractivity contribution in [2.45, 2.75) is 58.0 Å². The van der Waals surface area contributed by atoms with E-state index >= 15 is 0 Å². The van der Waals surface area contributed by atoms with E-state index in [0.29, 0.717) is 6.42 Å². The number of carboxylic acid groups (broad SMARTS) is 1. The van der Waals surface area contributed by atoms with Crippen molar-refractivity contribution in [3.63, 3.8) is 0 Å². The zero-order chi connectivity index (χ0) is 18.0. The molecule has 0 amide bonds. The number of rotatable bonds is 13. The van der Waals surface area contributed by atoms with E-state index in [1.54, 1.807) is 21.1 Å². The van der Waals surface area contributed by atoms with Gasteiger partial charge in [0, 0.05) is 6.42 Å². The van der Waals surface area contributed by atoms with Gasteiger partial charge in [-0.1, -0.05) is 39.0 Å². The Hall–Kier alpha value is -1.27. The minimum absolute atomic E-state index is 0.0336. The van der Waals surface area contributed by atoms with Gasteiger partial charge in [0.25, 0.3) is 0 Å². The van der Waals surface area contributed by atoms with E-state index in [0.717, 1.165) is 32.1 Å². The maximum atomic E-state index is 12.0. The lowest BCUT2D eigenvalue weighted by Gasteiger charge is -2.30. The molecule has 0 aliphatic rings. The molecule has 0 aliphatic carbocycles. The molecule has 6 heteroatoms. The maximum absolute atomic E-state index is 12.0. The zero-order valence-electron chi connectivity index (χ0n) is 14.8. The van der Waals surface area contributed by atoms with Crippen LogP contribution in [-0.4, -0.2) is 60.9 Å². The summed E-state index contributed by atoms with van der Waals surface area (Å²) in [5.74, 6) is -5.23. The molecule has 0 saturated heterocycles. The Labute approximate surface area is 139 Å². The van der Waals surface area contributed by atoms with Gasteiger partial charge in [-0.2, -0.15) is 0 Å². The molecule has 0 aliphatic heterocycles. The van der Waals surface area contributed by atoms with Crippen LogP contribution in [0.3, 0.4) is 0 Å². The number of hydrogen-bond donors (Lipinski definition) is 1. The molecule has 2 atom stereocenters. The number of carbonyl (C=O) groups excluding carboxylic acids is 3. The number of nitrogens with zero attached hydrogens (tertiary/aromatic N) is 1. The van der Waals surface area contributed by atoms with Crippen LogP contribution in [-0.2, 0) is 14.4 Å². The lowest BCUT2D eigenvalue weighted by Crippen LogP contribution is -2.52. The normalized spacial score (nSPS) is 14.3. The molecule has 0 heterocycles. The molecular formula is C17H31NO5. The van der Waals surface area contributed by atoms with E-state index in [4.69, 9.17) is 0 Å². The highest BCUT2D eigenvalue weighted by atomic mass is 16.4. The molecule has 0 aromatic rings. The number of Topliss-reactive ketones (excluding diaryl/α,β-unsaturated/α-hetero) is 2. The minimum atomic E-state index is -1.78. The highest BCUT2D eigenvalue weighted by Crippen LogP contribution is 2.13. The summed E-state index contributed by atoms with van der Waals surface area (Å²) in [6.45, 7) is 2.17. The van der Waals surface area contributed by atoms with Gasteiger partial charge in [0.2, 0.25) is 5.78 Å². The van der Waals surface area contributed by atoms with Gasteiger partial charge < -0.3 is 19.5 Å². The van der Waals surface area contributed by atoms with Crippen molar-refractivity contribution in [2.75, 3.05) is 27.7 Å². The van der Waals surface area contributed by atoms with E-state index in [1.807, 2.05) is 0 Å². The molecule has 0 spiro atoms. The third kappa shape index (κ3) is 9.46. The predicted molar refractivity (Wildman–Crippen MR) is 85.4 cm³/mol. The van der Waals surface area contributed by atoms with Crippen molar-refractivity contribution in [2.24, 2.45) is 5.92 Å². The van der Waals surface area contributed by atoms with Crippen LogP contribution in [0.5, 0.6) is 0 Å². The van der Waals surface area contributed by atoms with Crippen molar-refractivity contribution < 1.29 is 29.1 Å². The Morgan fingerprint density at radius 2 is 1.52 bits per heavy atom. The van der Waals surface area contributed by atoms with Crippen LogP contribution in [0.25, 0.3) is 0 Å². The SMILES string of the molecule is CCCCCCCCC(=O)C(=O)C(C(=O)[O-])C(O)C[N+](C)(C)C. The Bertz CT molecular complexity index is 400. The van der Waals surface area contributed by atoms with Crippen molar-refractivity contribution in [1.82, 2.24) is 0 Å². The fourth-order valence-corrected chi connectivity index (χ4v) is 2.47. The number of aliphatic carboxylic acids is 1. The summed E-state index contributed by atoms with van der Waals surface area (Å²) in [7, 11) is 5.29. The van der Waals surface area contributed by atoms with E-state index in [-0.39, 0.29) is 17.4 Å². The minimum Gasteiger partial charge on any atom is -0.549 e. The van der Waals surface area contributed by atoms with Gasteiger partial charge in [-0.15, -0.1) is 0 Å². The lowest BCUT2D eigenvalue weighted by atomic mass is 9.92. The number of likely N-dealkylation sites (N-methyl/N-ethyl adjacent to an activating group) is 1. The summed E-state index contributed by atoms with van der Waals surface area (Å²) >= 11 is 0. The number of ketones is 2. The summed E-state index contributed by atoms with van der Waals surface area (Å²) in [4.78, 5) is 35.1. The first-order chi connectivity index (χ1) is 10.6. The molecule has 1 N–H and O–H groups in total. The van der Waals surface area contributed by atoms with Crippen LogP contribution in [0.4, 0.5) is 0 Å². The van der Waals surface area contributed by atoms with Crippen LogP contribution in [0, 0.1) is 5.92 Å². The Kier molecular flexibility index (Phi) is 9.91. The van der Waals surface area contributed by atoms with Crippen molar-refractivity contribution in [3.8, 4) is 0 Å². The molecule has 0 aromatic heterocycles. The smallest absolute Gasteiger partial charge is 0.209 e. The largest absolute Gasteiger partial charge is 0.549 e. The Morgan fingerprint density at radius 3 is 2.00 bits per heavy atom.